The molecule has 0 spiro atoms. The van der Waals surface area contributed by atoms with E-state index < -0.39 is 6.16 Å². The molecule has 0 amide bonds. The van der Waals surface area contributed by atoms with Crippen LogP contribution in [0.3, 0.4) is 0 Å². The number of aromatic nitrogens is 2. The molecule has 5 heteroatoms. The van der Waals surface area contributed by atoms with Gasteiger partial charge >= 0.3 is 6.16 Å². The average molecular weight is 156 g/mol. The molecule has 0 aliphatic carbocycles. The number of ether oxygens (including phenoxy) is 2. The largest absolute Gasteiger partial charge is 0.508 e. The highest BCUT2D eigenvalue weighted by molar-refractivity contribution is 5.59. The van der Waals surface area contributed by atoms with Crippen molar-refractivity contribution in [1.29, 1.82) is 0 Å². The Morgan fingerprint density at radius 1 is 1.82 bits per heavy atom. The number of aromatic amines is 1. The summed E-state index contributed by atoms with van der Waals surface area (Å²) in [7, 11) is 1.25. The minimum Gasteiger partial charge on any atom is -0.438 e. The summed E-state index contributed by atoms with van der Waals surface area (Å²) in [4.78, 5) is 17.0. The normalized spacial score (nSPS) is 9.18. The van der Waals surface area contributed by atoms with Crippen molar-refractivity contribution < 1.29 is 14.3 Å². The maximum Gasteiger partial charge on any atom is 0.508 e. The predicted octanol–water partition coefficient (Wildman–Crippen LogP) is 0.693. The lowest BCUT2D eigenvalue weighted by Gasteiger charge is -1.98. The second-order valence-corrected chi connectivity index (χ2v) is 1.78. The summed E-state index contributed by atoms with van der Waals surface area (Å²) in [5, 5.41) is 0. The maximum atomic E-state index is 10.4. The van der Waals surface area contributed by atoms with Crippen molar-refractivity contribution in [1.82, 2.24) is 9.97 Å². The average Bonchev–Trinajstić information content (AvgIpc) is 2.52. The SMILES string of the molecule is COC(=O)OCc1ncc[nH]1. The molecule has 11 heavy (non-hydrogen) atoms. The summed E-state index contributed by atoms with van der Waals surface area (Å²) in [6.45, 7) is 0.111. The number of rotatable bonds is 2. The fraction of sp³-hybridized carbons (Fsp3) is 0.333. The van der Waals surface area contributed by atoms with Gasteiger partial charge in [-0.1, -0.05) is 0 Å². The molecule has 1 N–H and O–H groups in total. The van der Waals surface area contributed by atoms with Gasteiger partial charge in [0.25, 0.3) is 0 Å². The molecule has 0 saturated carbocycles. The van der Waals surface area contributed by atoms with Crippen LogP contribution in [0.5, 0.6) is 0 Å². The number of hydrogen-bond acceptors (Lipinski definition) is 4. The Kier molecular flexibility index (Phi) is 2.48. The number of hydrogen-bond donors (Lipinski definition) is 1. The van der Waals surface area contributed by atoms with Crippen LogP contribution in [0.25, 0.3) is 0 Å². The molecule has 0 bridgehead atoms. The Bertz CT molecular complexity index is 220. The lowest BCUT2D eigenvalue weighted by Crippen LogP contribution is -2.04. The van der Waals surface area contributed by atoms with Gasteiger partial charge in [-0.25, -0.2) is 9.78 Å². The first-order valence-corrected chi connectivity index (χ1v) is 3.02. The van der Waals surface area contributed by atoms with E-state index in [2.05, 4.69) is 19.4 Å². The molecule has 0 atom stereocenters. The molecule has 1 aromatic heterocycles. The summed E-state index contributed by atoms with van der Waals surface area (Å²) < 4.78 is 8.83. The number of H-pyrrole nitrogens is 1. The molecular weight excluding hydrogens is 148 g/mol. The molecule has 60 valence electrons. The van der Waals surface area contributed by atoms with Crippen molar-refractivity contribution in [2.24, 2.45) is 0 Å². The quantitative estimate of drug-likeness (QED) is 0.640. The molecule has 5 nitrogen and oxygen atoms in total. The van der Waals surface area contributed by atoms with Crippen molar-refractivity contribution in [2.75, 3.05) is 7.11 Å². The van der Waals surface area contributed by atoms with Crippen LogP contribution in [-0.2, 0) is 16.1 Å². The highest BCUT2D eigenvalue weighted by atomic mass is 16.7. The van der Waals surface area contributed by atoms with Crippen LogP contribution < -0.4 is 0 Å². The van der Waals surface area contributed by atoms with E-state index >= 15 is 0 Å². The fourth-order valence-corrected chi connectivity index (χ4v) is 0.563. The third-order valence-electron chi connectivity index (χ3n) is 1.05. The van der Waals surface area contributed by atoms with Gasteiger partial charge in [0.05, 0.1) is 7.11 Å². The minimum absolute atomic E-state index is 0.111. The van der Waals surface area contributed by atoms with Gasteiger partial charge in [0.1, 0.15) is 5.82 Å². The number of nitrogens with one attached hydrogen (secondary N) is 1. The highest BCUT2D eigenvalue weighted by Crippen LogP contribution is 1.92. The molecule has 0 aliphatic rings. The van der Waals surface area contributed by atoms with E-state index in [4.69, 9.17) is 0 Å². The highest BCUT2D eigenvalue weighted by Gasteiger charge is 2.01. The molecule has 0 fully saturated rings. The van der Waals surface area contributed by atoms with Crippen LogP contribution in [-0.4, -0.2) is 23.2 Å². The summed E-state index contributed by atoms with van der Waals surface area (Å²) in [6.07, 6.45) is 2.52. The zero-order chi connectivity index (χ0) is 8.10. The van der Waals surface area contributed by atoms with Crippen molar-refractivity contribution in [3.05, 3.63) is 18.2 Å². The Hall–Kier alpha value is -1.52. The summed E-state index contributed by atoms with van der Waals surface area (Å²) >= 11 is 0. The Morgan fingerprint density at radius 3 is 3.18 bits per heavy atom. The van der Waals surface area contributed by atoms with Crippen LogP contribution in [0.15, 0.2) is 12.4 Å². The summed E-state index contributed by atoms with van der Waals surface area (Å²) in [5.74, 6) is 0.593. The van der Waals surface area contributed by atoms with Crippen molar-refractivity contribution >= 4 is 6.16 Å². The van der Waals surface area contributed by atoms with Crippen LogP contribution in [0, 0.1) is 0 Å². The van der Waals surface area contributed by atoms with E-state index in [9.17, 15) is 4.79 Å². The van der Waals surface area contributed by atoms with E-state index in [1.165, 1.54) is 7.11 Å². The number of carbonyl (C=O) groups is 1. The van der Waals surface area contributed by atoms with E-state index in [0.717, 1.165) is 0 Å². The number of methoxy groups -OCH3 is 1. The standard InChI is InChI=1S/C6H8N2O3/c1-10-6(9)11-4-5-7-2-3-8-5/h2-3H,4H2,1H3,(H,7,8). The molecule has 0 saturated heterocycles. The Balaban J connectivity index is 2.29. The third kappa shape index (κ3) is 2.29. The van der Waals surface area contributed by atoms with Crippen molar-refractivity contribution in [3.63, 3.8) is 0 Å². The van der Waals surface area contributed by atoms with E-state index in [1.807, 2.05) is 0 Å². The van der Waals surface area contributed by atoms with Crippen molar-refractivity contribution in [2.45, 2.75) is 6.61 Å². The summed E-state index contributed by atoms with van der Waals surface area (Å²) in [6, 6.07) is 0. The van der Waals surface area contributed by atoms with Crippen LogP contribution in [0.1, 0.15) is 5.82 Å². The topological polar surface area (TPSA) is 64.2 Å². The lowest BCUT2D eigenvalue weighted by molar-refractivity contribution is 0.0651. The van der Waals surface area contributed by atoms with Crippen LogP contribution in [0.4, 0.5) is 4.79 Å². The van der Waals surface area contributed by atoms with Crippen LogP contribution >= 0.6 is 0 Å². The van der Waals surface area contributed by atoms with Crippen molar-refractivity contribution in [3.8, 4) is 0 Å². The zero-order valence-corrected chi connectivity index (χ0v) is 6.03. The summed E-state index contributed by atoms with van der Waals surface area (Å²) in [5.41, 5.74) is 0. The minimum atomic E-state index is -0.707. The van der Waals surface area contributed by atoms with E-state index in [0.29, 0.717) is 5.82 Å². The van der Waals surface area contributed by atoms with Gasteiger partial charge in [0.15, 0.2) is 6.61 Å². The Morgan fingerprint density at radius 2 is 2.64 bits per heavy atom. The second kappa shape index (κ2) is 3.60. The number of imidazole rings is 1. The molecule has 0 aromatic carbocycles. The van der Waals surface area contributed by atoms with Gasteiger partial charge < -0.3 is 14.5 Å². The van der Waals surface area contributed by atoms with E-state index in [1.54, 1.807) is 12.4 Å². The molecule has 0 radical (unpaired) electrons. The van der Waals surface area contributed by atoms with Gasteiger partial charge in [0.2, 0.25) is 0 Å². The molecule has 1 heterocycles. The van der Waals surface area contributed by atoms with Gasteiger partial charge in [0, 0.05) is 12.4 Å². The Labute approximate surface area is 63.3 Å². The monoisotopic (exact) mass is 156 g/mol. The first kappa shape index (κ1) is 7.59. The molecule has 1 rings (SSSR count). The van der Waals surface area contributed by atoms with Crippen LogP contribution in [0.2, 0.25) is 0 Å². The maximum absolute atomic E-state index is 10.4. The first-order chi connectivity index (χ1) is 5.33. The fourth-order valence-electron chi connectivity index (χ4n) is 0.563. The predicted molar refractivity (Wildman–Crippen MR) is 35.8 cm³/mol. The molecular formula is C6H8N2O3. The smallest absolute Gasteiger partial charge is 0.438 e. The zero-order valence-electron chi connectivity index (χ0n) is 6.03. The van der Waals surface area contributed by atoms with Gasteiger partial charge in [-0.3, -0.25) is 0 Å². The number of carbonyl (C=O) groups excluding carboxylic acids is 1. The van der Waals surface area contributed by atoms with E-state index in [-0.39, 0.29) is 6.61 Å². The molecule has 1 aromatic rings. The molecule has 0 unspecified atom stereocenters. The third-order valence-corrected chi connectivity index (χ3v) is 1.05. The lowest BCUT2D eigenvalue weighted by atomic mass is 10.7. The molecule has 0 aliphatic heterocycles. The first-order valence-electron chi connectivity index (χ1n) is 3.02. The second-order valence-electron chi connectivity index (χ2n) is 1.78. The van der Waals surface area contributed by atoms with Gasteiger partial charge in [-0.05, 0) is 0 Å². The van der Waals surface area contributed by atoms with Gasteiger partial charge in [-0.15, -0.1) is 0 Å². The van der Waals surface area contributed by atoms with Gasteiger partial charge in [-0.2, -0.15) is 0 Å². The number of nitrogens with zero attached hydrogens (tertiary/aromatic N) is 1.